The van der Waals surface area contributed by atoms with E-state index in [1.165, 1.54) is 5.56 Å². The second kappa shape index (κ2) is 5.47. The monoisotopic (exact) mass is 302 g/mol. The van der Waals surface area contributed by atoms with Gasteiger partial charge in [-0.3, -0.25) is 9.69 Å². The zero-order valence-electron chi connectivity index (χ0n) is 13.0. The molecule has 0 radical (unpaired) electrons. The summed E-state index contributed by atoms with van der Waals surface area (Å²) in [5.41, 5.74) is 1.22. The number of fused-ring (bicyclic) bond motifs is 5. The van der Waals surface area contributed by atoms with Gasteiger partial charge in [0.1, 0.15) is 13.2 Å². The van der Waals surface area contributed by atoms with E-state index >= 15 is 0 Å². The van der Waals surface area contributed by atoms with Gasteiger partial charge in [-0.1, -0.05) is 6.07 Å². The fraction of sp³-hybridized carbons (Fsp3) is 0.588. The van der Waals surface area contributed by atoms with E-state index in [4.69, 9.17) is 9.47 Å². The third kappa shape index (κ3) is 2.43. The normalized spacial score (nSPS) is 27.9. The van der Waals surface area contributed by atoms with Gasteiger partial charge in [0.2, 0.25) is 5.91 Å². The van der Waals surface area contributed by atoms with Gasteiger partial charge in [0.05, 0.1) is 5.92 Å². The number of ether oxygens (including phenoxy) is 2. The second-order valence-electron chi connectivity index (χ2n) is 6.55. The molecule has 0 N–H and O–H groups in total. The number of piperidine rings is 1. The van der Waals surface area contributed by atoms with E-state index in [0.717, 1.165) is 44.0 Å². The molecule has 5 heteroatoms. The SMILES string of the molecule is CN1C(=O)[C@@H]2CC[C@H]1CN(Cc1ccc3c(c1)OCCO3)C2. The van der Waals surface area contributed by atoms with Gasteiger partial charge in [-0.25, -0.2) is 0 Å². The number of hydrogen-bond donors (Lipinski definition) is 0. The first-order valence-electron chi connectivity index (χ1n) is 8.08. The van der Waals surface area contributed by atoms with Gasteiger partial charge in [0.15, 0.2) is 11.5 Å². The molecule has 5 rings (SSSR count). The highest BCUT2D eigenvalue weighted by atomic mass is 16.6. The van der Waals surface area contributed by atoms with Crippen molar-refractivity contribution in [2.75, 3.05) is 33.4 Å². The van der Waals surface area contributed by atoms with Gasteiger partial charge in [0.25, 0.3) is 0 Å². The average Bonchev–Trinajstić information content (AvgIpc) is 2.80. The molecule has 0 aliphatic carbocycles. The summed E-state index contributed by atoms with van der Waals surface area (Å²) in [5, 5.41) is 0. The van der Waals surface area contributed by atoms with E-state index in [0.29, 0.717) is 25.2 Å². The van der Waals surface area contributed by atoms with Crippen molar-refractivity contribution in [3.63, 3.8) is 0 Å². The minimum atomic E-state index is 0.168. The van der Waals surface area contributed by atoms with Gasteiger partial charge >= 0.3 is 0 Å². The van der Waals surface area contributed by atoms with Crippen LogP contribution in [0.3, 0.4) is 0 Å². The van der Waals surface area contributed by atoms with Crippen molar-refractivity contribution in [3.8, 4) is 11.5 Å². The van der Waals surface area contributed by atoms with E-state index in [-0.39, 0.29) is 5.92 Å². The van der Waals surface area contributed by atoms with Gasteiger partial charge in [-0.05, 0) is 30.5 Å². The van der Waals surface area contributed by atoms with Gasteiger partial charge in [-0.15, -0.1) is 0 Å². The Hall–Kier alpha value is -1.75. The maximum Gasteiger partial charge on any atom is 0.227 e. The molecule has 3 saturated heterocycles. The van der Waals surface area contributed by atoms with E-state index in [9.17, 15) is 4.79 Å². The van der Waals surface area contributed by atoms with E-state index < -0.39 is 0 Å². The molecule has 22 heavy (non-hydrogen) atoms. The Kier molecular flexibility index (Phi) is 3.45. The molecule has 0 spiro atoms. The second-order valence-corrected chi connectivity index (χ2v) is 6.55. The summed E-state index contributed by atoms with van der Waals surface area (Å²) >= 11 is 0. The Morgan fingerprint density at radius 3 is 2.82 bits per heavy atom. The number of carbonyl (C=O) groups excluding carboxylic acids is 1. The van der Waals surface area contributed by atoms with E-state index in [2.05, 4.69) is 17.0 Å². The van der Waals surface area contributed by atoms with Crippen LogP contribution in [0.25, 0.3) is 0 Å². The van der Waals surface area contributed by atoms with E-state index in [1.54, 1.807) is 0 Å². The molecule has 4 heterocycles. The fourth-order valence-corrected chi connectivity index (χ4v) is 3.82. The zero-order valence-corrected chi connectivity index (χ0v) is 13.0. The van der Waals surface area contributed by atoms with Crippen LogP contribution in [0.2, 0.25) is 0 Å². The first-order chi connectivity index (χ1) is 10.7. The summed E-state index contributed by atoms with van der Waals surface area (Å²) in [6, 6.07) is 6.54. The van der Waals surface area contributed by atoms with Crippen LogP contribution < -0.4 is 9.47 Å². The molecular formula is C17H22N2O3. The molecule has 1 aromatic rings. The molecule has 3 fully saturated rings. The minimum absolute atomic E-state index is 0.168. The predicted molar refractivity (Wildman–Crippen MR) is 82.0 cm³/mol. The highest BCUT2D eigenvalue weighted by Gasteiger charge is 2.38. The number of rotatable bonds is 2. The van der Waals surface area contributed by atoms with Crippen molar-refractivity contribution >= 4 is 5.91 Å². The third-order valence-electron chi connectivity index (χ3n) is 5.05. The molecular weight excluding hydrogens is 280 g/mol. The summed E-state index contributed by atoms with van der Waals surface area (Å²) < 4.78 is 11.2. The molecule has 1 aromatic carbocycles. The Bertz CT molecular complexity index is 589. The number of nitrogens with zero attached hydrogens (tertiary/aromatic N) is 2. The lowest BCUT2D eigenvalue weighted by atomic mass is 9.95. The highest BCUT2D eigenvalue weighted by molar-refractivity contribution is 5.80. The quantitative estimate of drug-likeness (QED) is 0.830. The summed E-state index contributed by atoms with van der Waals surface area (Å²) in [5.74, 6) is 2.16. The van der Waals surface area contributed by atoms with Gasteiger partial charge in [-0.2, -0.15) is 0 Å². The van der Waals surface area contributed by atoms with Crippen LogP contribution in [0, 0.1) is 5.92 Å². The van der Waals surface area contributed by atoms with Crippen molar-refractivity contribution in [1.29, 1.82) is 0 Å². The van der Waals surface area contributed by atoms with Crippen molar-refractivity contribution in [1.82, 2.24) is 9.80 Å². The van der Waals surface area contributed by atoms with Crippen LogP contribution in [-0.2, 0) is 11.3 Å². The molecule has 0 saturated carbocycles. The summed E-state index contributed by atoms with van der Waals surface area (Å²) in [7, 11) is 1.95. The zero-order chi connectivity index (χ0) is 15.1. The number of hydrogen-bond acceptors (Lipinski definition) is 4. The molecule has 2 atom stereocenters. The Labute approximate surface area is 130 Å². The first kappa shape index (κ1) is 13.9. The molecule has 5 nitrogen and oxygen atoms in total. The number of benzene rings is 1. The summed E-state index contributed by atoms with van der Waals surface area (Å²) in [4.78, 5) is 16.6. The smallest absolute Gasteiger partial charge is 0.227 e. The predicted octanol–water partition coefficient (Wildman–Crippen LogP) is 1.51. The Morgan fingerprint density at radius 2 is 1.95 bits per heavy atom. The van der Waals surface area contributed by atoms with Crippen LogP contribution in [0.5, 0.6) is 11.5 Å². The first-order valence-corrected chi connectivity index (χ1v) is 8.08. The van der Waals surface area contributed by atoms with Gasteiger partial charge < -0.3 is 14.4 Å². The Balaban J connectivity index is 1.50. The third-order valence-corrected chi connectivity index (χ3v) is 5.05. The van der Waals surface area contributed by atoms with Gasteiger partial charge in [0, 0.05) is 32.7 Å². The van der Waals surface area contributed by atoms with E-state index in [1.807, 2.05) is 18.0 Å². The van der Waals surface area contributed by atoms with Crippen LogP contribution in [-0.4, -0.2) is 55.1 Å². The van der Waals surface area contributed by atoms with Crippen molar-refractivity contribution < 1.29 is 14.3 Å². The molecule has 4 aliphatic heterocycles. The fourth-order valence-electron chi connectivity index (χ4n) is 3.82. The molecule has 4 aliphatic rings. The largest absolute Gasteiger partial charge is 0.486 e. The van der Waals surface area contributed by atoms with Crippen LogP contribution >= 0.6 is 0 Å². The lowest BCUT2D eigenvalue weighted by molar-refractivity contribution is -0.138. The lowest BCUT2D eigenvalue weighted by Crippen LogP contribution is -2.45. The van der Waals surface area contributed by atoms with Crippen LogP contribution in [0.15, 0.2) is 18.2 Å². The van der Waals surface area contributed by atoms with Crippen molar-refractivity contribution in [2.45, 2.75) is 25.4 Å². The average molecular weight is 302 g/mol. The minimum Gasteiger partial charge on any atom is -0.486 e. The van der Waals surface area contributed by atoms with Crippen molar-refractivity contribution in [2.24, 2.45) is 5.92 Å². The molecule has 118 valence electrons. The molecule has 2 bridgehead atoms. The van der Waals surface area contributed by atoms with Crippen LogP contribution in [0.4, 0.5) is 0 Å². The molecule has 0 aromatic heterocycles. The number of likely N-dealkylation sites (N-methyl/N-ethyl adjacent to an activating group) is 1. The standard InChI is InChI=1S/C17H22N2O3/c1-18-14-4-3-13(17(18)20)10-19(11-14)9-12-2-5-15-16(8-12)22-7-6-21-15/h2,5,8,13-14H,3-4,6-7,9-11H2,1H3/t13-,14+/m1/s1. The summed E-state index contributed by atoms with van der Waals surface area (Å²) in [6.07, 6.45) is 2.16. The Morgan fingerprint density at radius 1 is 1.14 bits per heavy atom. The molecule has 0 unspecified atom stereocenters. The maximum atomic E-state index is 12.3. The lowest BCUT2D eigenvalue weighted by Gasteiger charge is -2.32. The van der Waals surface area contributed by atoms with Crippen LogP contribution in [0.1, 0.15) is 18.4 Å². The number of amides is 1. The maximum absolute atomic E-state index is 12.3. The van der Waals surface area contributed by atoms with Crippen molar-refractivity contribution in [3.05, 3.63) is 23.8 Å². The molecule has 1 amide bonds. The number of carbonyl (C=O) groups is 1. The highest BCUT2D eigenvalue weighted by Crippen LogP contribution is 2.32. The topological polar surface area (TPSA) is 42.0 Å². The summed E-state index contributed by atoms with van der Waals surface area (Å²) in [6.45, 7) is 3.94.